The maximum atomic E-state index is 12.5. The number of likely N-dealkylation sites (tertiary alicyclic amines) is 1. The molecule has 1 atom stereocenters. The van der Waals surface area contributed by atoms with Gasteiger partial charge in [0.2, 0.25) is 0 Å². The molecular formula is C19H20BrN5O2. The van der Waals surface area contributed by atoms with Crippen LogP contribution in [-0.4, -0.2) is 38.7 Å². The Morgan fingerprint density at radius 3 is 2.96 bits per heavy atom. The summed E-state index contributed by atoms with van der Waals surface area (Å²) in [5.41, 5.74) is 8.74. The standard InChI is InChI=1S/C19H20BrN5O2/c20-15-9-16(25-17(15)18(21)22-12-23-25)14-7-4-8-24(10-14)19(26)27-11-13-5-2-1-3-6-13/h1-3,5-6,9,12,14H,4,7-8,10-11H2,(H2,21,22,23)/t14-/m1/s1. The number of piperidine rings is 1. The Kier molecular flexibility index (Phi) is 4.98. The number of anilines is 1. The summed E-state index contributed by atoms with van der Waals surface area (Å²) in [6, 6.07) is 11.7. The molecule has 1 amide bonds. The predicted octanol–water partition coefficient (Wildman–Crippen LogP) is 3.59. The van der Waals surface area contributed by atoms with Crippen LogP contribution in [0.3, 0.4) is 0 Å². The number of ether oxygens (including phenoxy) is 1. The number of hydrogen-bond donors (Lipinski definition) is 1. The van der Waals surface area contributed by atoms with Gasteiger partial charge in [0.15, 0.2) is 5.82 Å². The lowest BCUT2D eigenvalue weighted by atomic mass is 9.95. The second-order valence-corrected chi connectivity index (χ2v) is 7.50. The zero-order chi connectivity index (χ0) is 18.8. The van der Waals surface area contributed by atoms with Crippen LogP contribution in [0.2, 0.25) is 0 Å². The minimum atomic E-state index is -0.280. The molecule has 0 unspecified atom stereocenters. The first kappa shape index (κ1) is 17.8. The van der Waals surface area contributed by atoms with Crippen molar-refractivity contribution in [1.82, 2.24) is 19.5 Å². The van der Waals surface area contributed by atoms with E-state index in [1.54, 1.807) is 4.90 Å². The van der Waals surface area contributed by atoms with Gasteiger partial charge in [-0.15, -0.1) is 0 Å². The summed E-state index contributed by atoms with van der Waals surface area (Å²) in [5.74, 6) is 0.592. The van der Waals surface area contributed by atoms with Crippen LogP contribution >= 0.6 is 15.9 Å². The van der Waals surface area contributed by atoms with E-state index >= 15 is 0 Å². The lowest BCUT2D eigenvalue weighted by Crippen LogP contribution is -2.39. The lowest BCUT2D eigenvalue weighted by Gasteiger charge is -2.31. The van der Waals surface area contributed by atoms with E-state index in [0.29, 0.717) is 18.9 Å². The molecule has 2 aromatic heterocycles. The third kappa shape index (κ3) is 3.62. The number of amides is 1. The zero-order valence-electron chi connectivity index (χ0n) is 14.7. The first-order chi connectivity index (χ1) is 13.1. The predicted molar refractivity (Wildman–Crippen MR) is 105 cm³/mol. The Bertz CT molecular complexity index is 959. The number of nitrogens with two attached hydrogens (primary N) is 1. The van der Waals surface area contributed by atoms with Gasteiger partial charge in [0, 0.05) is 29.2 Å². The third-order valence-corrected chi connectivity index (χ3v) is 5.47. The minimum Gasteiger partial charge on any atom is -0.445 e. The largest absolute Gasteiger partial charge is 0.445 e. The maximum Gasteiger partial charge on any atom is 0.410 e. The van der Waals surface area contributed by atoms with Gasteiger partial charge in [-0.3, -0.25) is 0 Å². The molecule has 0 saturated carbocycles. The number of fused-ring (bicyclic) bond motifs is 1. The highest BCUT2D eigenvalue weighted by atomic mass is 79.9. The van der Waals surface area contributed by atoms with Crippen molar-refractivity contribution in [3.05, 3.63) is 58.5 Å². The van der Waals surface area contributed by atoms with Crippen LogP contribution in [0.1, 0.15) is 30.0 Å². The van der Waals surface area contributed by atoms with Gasteiger partial charge >= 0.3 is 6.09 Å². The second kappa shape index (κ2) is 7.56. The van der Waals surface area contributed by atoms with Crippen LogP contribution in [0, 0.1) is 0 Å². The summed E-state index contributed by atoms with van der Waals surface area (Å²) < 4.78 is 8.16. The van der Waals surface area contributed by atoms with Gasteiger partial charge in [-0.1, -0.05) is 30.3 Å². The van der Waals surface area contributed by atoms with Crippen LogP contribution in [-0.2, 0) is 11.3 Å². The summed E-state index contributed by atoms with van der Waals surface area (Å²) in [4.78, 5) is 18.3. The molecule has 140 valence electrons. The molecule has 8 heteroatoms. The van der Waals surface area contributed by atoms with Crippen molar-refractivity contribution in [3.8, 4) is 0 Å². The minimum absolute atomic E-state index is 0.163. The Morgan fingerprint density at radius 2 is 2.15 bits per heavy atom. The van der Waals surface area contributed by atoms with E-state index in [-0.39, 0.29) is 18.6 Å². The summed E-state index contributed by atoms with van der Waals surface area (Å²) in [7, 11) is 0. The zero-order valence-corrected chi connectivity index (χ0v) is 16.3. The summed E-state index contributed by atoms with van der Waals surface area (Å²) >= 11 is 3.54. The molecule has 1 aromatic carbocycles. The molecule has 0 radical (unpaired) electrons. The van der Waals surface area contributed by atoms with Crippen molar-refractivity contribution >= 4 is 33.4 Å². The number of rotatable bonds is 3. The molecule has 1 aliphatic rings. The SMILES string of the molecule is Nc1ncnn2c([C@@H]3CCCN(C(=O)OCc4ccccc4)C3)cc(Br)c12. The van der Waals surface area contributed by atoms with Crippen LogP contribution < -0.4 is 5.73 Å². The summed E-state index contributed by atoms with van der Waals surface area (Å²) in [6.07, 6.45) is 3.06. The van der Waals surface area contributed by atoms with E-state index in [2.05, 4.69) is 26.0 Å². The Morgan fingerprint density at radius 1 is 1.33 bits per heavy atom. The van der Waals surface area contributed by atoms with Crippen molar-refractivity contribution < 1.29 is 9.53 Å². The number of hydrogen-bond acceptors (Lipinski definition) is 5. The highest BCUT2D eigenvalue weighted by molar-refractivity contribution is 9.10. The molecule has 3 heterocycles. The van der Waals surface area contributed by atoms with E-state index in [1.165, 1.54) is 6.33 Å². The molecule has 0 spiro atoms. The van der Waals surface area contributed by atoms with E-state index < -0.39 is 0 Å². The van der Waals surface area contributed by atoms with Crippen molar-refractivity contribution in [2.24, 2.45) is 0 Å². The smallest absolute Gasteiger partial charge is 0.410 e. The molecule has 4 rings (SSSR count). The van der Waals surface area contributed by atoms with Crippen molar-refractivity contribution in [2.45, 2.75) is 25.4 Å². The van der Waals surface area contributed by atoms with Gasteiger partial charge in [0.05, 0.1) is 0 Å². The van der Waals surface area contributed by atoms with Crippen molar-refractivity contribution in [3.63, 3.8) is 0 Å². The lowest BCUT2D eigenvalue weighted by molar-refractivity contribution is 0.0855. The number of halogens is 1. The van der Waals surface area contributed by atoms with Crippen LogP contribution in [0.15, 0.2) is 47.2 Å². The molecule has 3 aromatic rings. The topological polar surface area (TPSA) is 85.8 Å². The van der Waals surface area contributed by atoms with Gasteiger partial charge in [-0.25, -0.2) is 14.3 Å². The summed E-state index contributed by atoms with van der Waals surface area (Å²) in [5, 5.41) is 4.34. The second-order valence-electron chi connectivity index (χ2n) is 6.65. The molecule has 0 bridgehead atoms. The first-order valence-corrected chi connectivity index (χ1v) is 9.66. The fraction of sp³-hybridized carbons (Fsp3) is 0.316. The van der Waals surface area contributed by atoms with Crippen LogP contribution in [0.4, 0.5) is 10.6 Å². The number of nitrogens with zero attached hydrogens (tertiary/aromatic N) is 4. The van der Waals surface area contributed by atoms with E-state index in [0.717, 1.165) is 34.1 Å². The third-order valence-electron chi connectivity index (χ3n) is 4.87. The highest BCUT2D eigenvalue weighted by Crippen LogP contribution is 2.33. The van der Waals surface area contributed by atoms with Crippen LogP contribution in [0.5, 0.6) is 0 Å². The molecule has 0 aliphatic carbocycles. The van der Waals surface area contributed by atoms with E-state index in [9.17, 15) is 4.79 Å². The van der Waals surface area contributed by atoms with E-state index in [1.807, 2.05) is 40.9 Å². The quantitative estimate of drug-likeness (QED) is 0.687. The van der Waals surface area contributed by atoms with Gasteiger partial charge in [0.25, 0.3) is 0 Å². The average molecular weight is 430 g/mol. The molecule has 1 saturated heterocycles. The molecular weight excluding hydrogens is 410 g/mol. The number of carbonyl (C=O) groups excluding carboxylic acids is 1. The molecule has 1 fully saturated rings. The Labute approximate surface area is 165 Å². The fourth-order valence-corrected chi connectivity index (χ4v) is 4.14. The number of aromatic nitrogens is 3. The molecule has 2 N–H and O–H groups in total. The fourth-order valence-electron chi connectivity index (χ4n) is 3.53. The van der Waals surface area contributed by atoms with E-state index in [4.69, 9.17) is 10.5 Å². The molecule has 1 aliphatic heterocycles. The van der Waals surface area contributed by atoms with Gasteiger partial charge in [-0.2, -0.15) is 5.10 Å². The number of carbonyl (C=O) groups is 1. The average Bonchev–Trinajstić information content (AvgIpc) is 3.05. The highest BCUT2D eigenvalue weighted by Gasteiger charge is 2.28. The first-order valence-electron chi connectivity index (χ1n) is 8.86. The van der Waals surface area contributed by atoms with Gasteiger partial charge in [0.1, 0.15) is 18.5 Å². The monoisotopic (exact) mass is 429 g/mol. The maximum absolute atomic E-state index is 12.5. The van der Waals surface area contributed by atoms with Gasteiger partial charge in [-0.05, 0) is 40.4 Å². The Balaban J connectivity index is 1.48. The number of benzene rings is 1. The number of nitrogen functional groups attached to an aromatic ring is 1. The van der Waals surface area contributed by atoms with Crippen LogP contribution in [0.25, 0.3) is 5.52 Å². The molecule has 27 heavy (non-hydrogen) atoms. The van der Waals surface area contributed by atoms with Crippen molar-refractivity contribution in [2.75, 3.05) is 18.8 Å². The summed E-state index contributed by atoms with van der Waals surface area (Å²) in [6.45, 7) is 1.58. The van der Waals surface area contributed by atoms with Gasteiger partial charge < -0.3 is 15.4 Å². The molecule has 7 nitrogen and oxygen atoms in total. The normalized spacial score (nSPS) is 17.2. The Hall–Kier alpha value is -2.61. The van der Waals surface area contributed by atoms with Crippen molar-refractivity contribution in [1.29, 1.82) is 0 Å².